The molecule has 2 aromatic rings. The van der Waals surface area contributed by atoms with Crippen molar-refractivity contribution in [3.63, 3.8) is 0 Å². The van der Waals surface area contributed by atoms with Crippen LogP contribution in [0.3, 0.4) is 0 Å². The van der Waals surface area contributed by atoms with Crippen LogP contribution < -0.4 is 19.1 Å². The lowest BCUT2D eigenvalue weighted by molar-refractivity contribution is 0.411. The molecule has 7 heteroatoms. The summed E-state index contributed by atoms with van der Waals surface area (Å²) in [6.45, 7) is 4.01. The fraction of sp³-hybridized carbons (Fsp3) is 0.400. The lowest BCUT2D eigenvalue weighted by Gasteiger charge is -2.19. The zero-order valence-corrected chi connectivity index (χ0v) is 16.8. The quantitative estimate of drug-likeness (QED) is 0.787. The van der Waals surface area contributed by atoms with Gasteiger partial charge in [-0.25, -0.2) is 13.1 Å². The van der Waals surface area contributed by atoms with Crippen molar-refractivity contribution in [1.82, 2.24) is 4.72 Å². The lowest BCUT2D eigenvalue weighted by Crippen LogP contribution is -2.31. The van der Waals surface area contributed by atoms with Crippen molar-refractivity contribution in [2.45, 2.75) is 18.2 Å². The highest BCUT2D eigenvalue weighted by atomic mass is 32.2. The number of hydrogen-bond donors (Lipinski definition) is 1. The average molecular weight is 391 g/mol. The van der Waals surface area contributed by atoms with E-state index in [0.717, 1.165) is 36.5 Å². The van der Waals surface area contributed by atoms with E-state index in [1.165, 1.54) is 0 Å². The zero-order valence-electron chi connectivity index (χ0n) is 15.9. The van der Waals surface area contributed by atoms with E-state index in [1.54, 1.807) is 32.4 Å². The van der Waals surface area contributed by atoms with Crippen molar-refractivity contribution in [1.29, 1.82) is 0 Å². The third kappa shape index (κ3) is 4.54. The molecule has 0 aliphatic carbocycles. The molecule has 146 valence electrons. The number of nitrogens with one attached hydrogen (secondary N) is 1. The van der Waals surface area contributed by atoms with Crippen molar-refractivity contribution < 1.29 is 17.9 Å². The SMILES string of the molecule is COc1ccc(N2CCC(CNS(=O)(=O)c3ccc(OC)c(C)c3)C2)cc1. The maximum atomic E-state index is 12.6. The Morgan fingerprint density at radius 2 is 1.85 bits per heavy atom. The molecule has 6 nitrogen and oxygen atoms in total. The highest BCUT2D eigenvalue weighted by Crippen LogP contribution is 2.26. The van der Waals surface area contributed by atoms with Crippen molar-refractivity contribution in [3.05, 3.63) is 48.0 Å². The topological polar surface area (TPSA) is 67.9 Å². The van der Waals surface area contributed by atoms with Crippen LogP contribution in [0.5, 0.6) is 11.5 Å². The van der Waals surface area contributed by atoms with E-state index in [0.29, 0.717) is 12.3 Å². The number of ether oxygens (including phenoxy) is 2. The van der Waals surface area contributed by atoms with E-state index in [9.17, 15) is 8.42 Å². The van der Waals surface area contributed by atoms with Gasteiger partial charge in [0, 0.05) is 25.3 Å². The van der Waals surface area contributed by atoms with Gasteiger partial charge in [0.25, 0.3) is 0 Å². The smallest absolute Gasteiger partial charge is 0.240 e. The second-order valence-electron chi connectivity index (χ2n) is 6.78. The van der Waals surface area contributed by atoms with Crippen LogP contribution in [-0.4, -0.2) is 42.3 Å². The highest BCUT2D eigenvalue weighted by Gasteiger charge is 2.25. The summed E-state index contributed by atoms with van der Waals surface area (Å²) in [6, 6.07) is 12.8. The second kappa shape index (κ2) is 8.19. The van der Waals surface area contributed by atoms with Crippen molar-refractivity contribution in [2.75, 3.05) is 38.8 Å². The minimum Gasteiger partial charge on any atom is -0.497 e. The largest absolute Gasteiger partial charge is 0.497 e. The molecule has 2 aromatic carbocycles. The third-order valence-electron chi connectivity index (χ3n) is 4.96. The maximum absolute atomic E-state index is 12.6. The molecule has 0 spiro atoms. The van der Waals surface area contributed by atoms with Gasteiger partial charge >= 0.3 is 0 Å². The summed E-state index contributed by atoms with van der Waals surface area (Å²) >= 11 is 0. The molecule has 0 amide bonds. The van der Waals surface area contributed by atoms with E-state index in [4.69, 9.17) is 9.47 Å². The summed E-state index contributed by atoms with van der Waals surface area (Å²) < 4.78 is 38.3. The minimum absolute atomic E-state index is 0.269. The van der Waals surface area contributed by atoms with E-state index >= 15 is 0 Å². The van der Waals surface area contributed by atoms with Gasteiger partial charge in [-0.1, -0.05) is 0 Å². The fourth-order valence-electron chi connectivity index (χ4n) is 3.36. The first-order valence-electron chi connectivity index (χ1n) is 8.96. The van der Waals surface area contributed by atoms with Crippen molar-refractivity contribution in [3.8, 4) is 11.5 Å². The number of sulfonamides is 1. The number of methoxy groups -OCH3 is 2. The molecule has 1 atom stereocenters. The summed E-state index contributed by atoms with van der Waals surface area (Å²) in [5, 5.41) is 0. The predicted octanol–water partition coefficient (Wildman–Crippen LogP) is 2.82. The maximum Gasteiger partial charge on any atom is 0.240 e. The van der Waals surface area contributed by atoms with Gasteiger partial charge in [-0.2, -0.15) is 0 Å². The van der Waals surface area contributed by atoms with Crippen LogP contribution in [0, 0.1) is 12.8 Å². The van der Waals surface area contributed by atoms with Crippen molar-refractivity contribution >= 4 is 15.7 Å². The van der Waals surface area contributed by atoms with Crippen molar-refractivity contribution in [2.24, 2.45) is 5.92 Å². The molecule has 3 rings (SSSR count). The summed E-state index contributed by atoms with van der Waals surface area (Å²) in [5.41, 5.74) is 1.93. The first-order chi connectivity index (χ1) is 12.9. The lowest BCUT2D eigenvalue weighted by atomic mass is 10.1. The Hall–Kier alpha value is -2.25. The molecule has 1 aliphatic heterocycles. The number of anilines is 1. The van der Waals surface area contributed by atoms with Gasteiger partial charge in [-0.15, -0.1) is 0 Å². The standard InChI is InChI=1S/C20H26N2O4S/c1-15-12-19(8-9-20(15)26-3)27(23,24)21-13-16-10-11-22(14-16)17-4-6-18(25-2)7-5-17/h4-9,12,16,21H,10-11,13-14H2,1-3H3. The van der Waals surface area contributed by atoms with Gasteiger partial charge in [0.1, 0.15) is 11.5 Å². The van der Waals surface area contributed by atoms with Gasteiger partial charge < -0.3 is 14.4 Å². The normalized spacial score (nSPS) is 17.1. The molecule has 27 heavy (non-hydrogen) atoms. The number of hydrogen-bond acceptors (Lipinski definition) is 5. The first-order valence-corrected chi connectivity index (χ1v) is 10.4. The van der Waals surface area contributed by atoms with Gasteiger partial charge in [0.15, 0.2) is 0 Å². The second-order valence-corrected chi connectivity index (χ2v) is 8.55. The van der Waals surface area contributed by atoms with E-state index < -0.39 is 10.0 Å². The van der Waals surface area contributed by atoms with E-state index in [-0.39, 0.29) is 10.8 Å². The van der Waals surface area contributed by atoms with Crippen LogP contribution in [0.15, 0.2) is 47.4 Å². The van der Waals surface area contributed by atoms with Crippen LogP contribution in [0.25, 0.3) is 0 Å². The number of nitrogens with zero attached hydrogens (tertiary/aromatic N) is 1. The Morgan fingerprint density at radius 1 is 1.11 bits per heavy atom. The Morgan fingerprint density at radius 3 is 2.48 bits per heavy atom. The zero-order chi connectivity index (χ0) is 19.4. The van der Waals surface area contributed by atoms with Gasteiger partial charge in [-0.3, -0.25) is 0 Å². The van der Waals surface area contributed by atoms with Crippen LogP contribution in [0.4, 0.5) is 5.69 Å². The minimum atomic E-state index is -3.53. The summed E-state index contributed by atoms with van der Waals surface area (Å²) in [5.74, 6) is 1.79. The molecule has 1 saturated heterocycles. The van der Waals surface area contributed by atoms with Gasteiger partial charge in [0.05, 0.1) is 19.1 Å². The summed E-state index contributed by atoms with van der Waals surface area (Å²) in [7, 11) is -0.304. The van der Waals surface area contributed by atoms with Crippen LogP contribution in [0.2, 0.25) is 0 Å². The summed E-state index contributed by atoms with van der Waals surface area (Å²) in [6.07, 6.45) is 0.955. The Bertz CT molecular complexity index is 881. The molecule has 0 radical (unpaired) electrons. The third-order valence-corrected chi connectivity index (χ3v) is 6.38. The highest BCUT2D eigenvalue weighted by molar-refractivity contribution is 7.89. The molecular weight excluding hydrogens is 364 g/mol. The molecule has 1 unspecified atom stereocenters. The predicted molar refractivity (Wildman–Crippen MR) is 106 cm³/mol. The molecular formula is C20H26N2O4S. The van der Waals surface area contributed by atoms with Gasteiger partial charge in [-0.05, 0) is 67.3 Å². The Balaban J connectivity index is 1.59. The molecule has 1 heterocycles. The number of aryl methyl sites for hydroxylation is 1. The number of rotatable bonds is 7. The average Bonchev–Trinajstić information content (AvgIpc) is 3.15. The van der Waals surface area contributed by atoms with E-state index in [2.05, 4.69) is 9.62 Å². The van der Waals surface area contributed by atoms with Crippen LogP contribution >= 0.6 is 0 Å². The molecule has 1 aliphatic rings. The molecule has 0 aromatic heterocycles. The fourth-order valence-corrected chi connectivity index (χ4v) is 4.56. The molecule has 1 N–H and O–H groups in total. The first kappa shape index (κ1) is 19.5. The monoisotopic (exact) mass is 390 g/mol. The Kier molecular flexibility index (Phi) is 5.92. The van der Waals surface area contributed by atoms with Crippen LogP contribution in [0.1, 0.15) is 12.0 Å². The molecule has 0 saturated carbocycles. The van der Waals surface area contributed by atoms with Crippen LogP contribution in [-0.2, 0) is 10.0 Å². The van der Waals surface area contributed by atoms with Gasteiger partial charge in [0.2, 0.25) is 10.0 Å². The molecule has 0 bridgehead atoms. The summed E-state index contributed by atoms with van der Waals surface area (Å²) in [4.78, 5) is 2.54. The Labute approximate surface area is 161 Å². The molecule has 1 fully saturated rings. The van der Waals surface area contributed by atoms with E-state index in [1.807, 2.05) is 31.2 Å². The number of benzene rings is 2.